The van der Waals surface area contributed by atoms with E-state index in [1.54, 1.807) is 6.07 Å². The van der Waals surface area contributed by atoms with Gasteiger partial charge in [-0.2, -0.15) is 0 Å². The molecule has 0 saturated carbocycles. The summed E-state index contributed by atoms with van der Waals surface area (Å²) in [4.78, 5) is 13.4. The van der Waals surface area contributed by atoms with E-state index in [0.29, 0.717) is 22.5 Å². The molecule has 0 aromatic heterocycles. The summed E-state index contributed by atoms with van der Waals surface area (Å²) in [6, 6.07) is 22.6. The van der Waals surface area contributed by atoms with Gasteiger partial charge < -0.3 is 26.0 Å². The van der Waals surface area contributed by atoms with Gasteiger partial charge in [0.05, 0.1) is 10.6 Å². The Bertz CT molecular complexity index is 1220. The highest BCUT2D eigenvalue weighted by Crippen LogP contribution is 2.41. The van der Waals surface area contributed by atoms with Crippen LogP contribution in [0.15, 0.2) is 72.8 Å². The number of hydrogen-bond donors (Lipinski definition) is 4. The largest absolute Gasteiger partial charge is 0.369 e. The average molecular weight is 472 g/mol. The Labute approximate surface area is 204 Å². The summed E-state index contributed by atoms with van der Waals surface area (Å²) in [6.45, 7) is 5.31. The maximum atomic E-state index is 11.4. The highest BCUT2D eigenvalue weighted by Gasteiger charge is 2.30. The third kappa shape index (κ3) is 5.19. The number of fused-ring (bicyclic) bond motifs is 1. The van der Waals surface area contributed by atoms with Crippen molar-refractivity contribution in [2.45, 2.75) is 12.6 Å². The van der Waals surface area contributed by atoms with Crippen LogP contribution in [-0.4, -0.2) is 53.9 Å². The van der Waals surface area contributed by atoms with E-state index in [9.17, 15) is 15.2 Å². The van der Waals surface area contributed by atoms with Crippen LogP contribution in [0.25, 0.3) is 11.3 Å². The van der Waals surface area contributed by atoms with Gasteiger partial charge in [-0.3, -0.25) is 10.1 Å². The van der Waals surface area contributed by atoms with E-state index in [1.165, 1.54) is 17.7 Å². The number of rotatable bonds is 7. The fourth-order valence-corrected chi connectivity index (χ4v) is 4.65. The number of nitrogens with one attached hydrogen (secondary N) is 3. The predicted octanol–water partition coefficient (Wildman–Crippen LogP) is 3.77. The molecule has 0 aliphatic carbocycles. The van der Waals surface area contributed by atoms with Crippen LogP contribution in [0.3, 0.4) is 0 Å². The van der Waals surface area contributed by atoms with Crippen LogP contribution in [-0.2, 0) is 6.42 Å². The molecule has 0 amide bonds. The molecule has 1 atom stereocenters. The Kier molecular flexibility index (Phi) is 6.76. The number of nitrogens with zero attached hydrogens (tertiary/aromatic N) is 2. The Hall–Kier alpha value is -3.72. The topological polar surface area (TPSA) is 103 Å². The van der Waals surface area contributed by atoms with Gasteiger partial charge in [0.1, 0.15) is 0 Å². The molecular formula is C27H29N5O3. The number of benzene rings is 3. The Morgan fingerprint density at radius 2 is 1.80 bits per heavy atom. The lowest BCUT2D eigenvalue weighted by atomic mass is 9.99. The van der Waals surface area contributed by atoms with E-state index < -0.39 is 11.2 Å². The second kappa shape index (κ2) is 10.3. The highest BCUT2D eigenvalue weighted by molar-refractivity contribution is 6.03. The smallest absolute Gasteiger partial charge is 0.270 e. The lowest BCUT2D eigenvalue weighted by molar-refractivity contribution is -0.384. The number of aliphatic hydroxyl groups is 1. The SMILES string of the molecule is O=[N+]([O-])c1ccc2c(c1)/C(=C(/Nc1ccc(CCN3CCNCC3)cc1)c1ccccc1)C(O)N2. The van der Waals surface area contributed by atoms with E-state index in [-0.39, 0.29) is 5.69 Å². The quantitative estimate of drug-likeness (QED) is 0.307. The van der Waals surface area contributed by atoms with Crippen molar-refractivity contribution >= 4 is 28.3 Å². The summed E-state index contributed by atoms with van der Waals surface area (Å²) in [6.07, 6.45) is 0.0000696. The number of hydrogen-bond acceptors (Lipinski definition) is 7. The monoisotopic (exact) mass is 471 g/mol. The lowest BCUT2D eigenvalue weighted by Crippen LogP contribution is -2.44. The fraction of sp³-hybridized carbons (Fsp3) is 0.259. The van der Waals surface area contributed by atoms with Gasteiger partial charge in [-0.05, 0) is 35.7 Å². The van der Waals surface area contributed by atoms with Gasteiger partial charge in [-0.1, -0.05) is 42.5 Å². The predicted molar refractivity (Wildman–Crippen MR) is 139 cm³/mol. The summed E-state index contributed by atoms with van der Waals surface area (Å²) in [5.74, 6) is 0. The van der Waals surface area contributed by atoms with Crippen molar-refractivity contribution in [1.29, 1.82) is 0 Å². The van der Waals surface area contributed by atoms with Crippen molar-refractivity contribution in [3.63, 3.8) is 0 Å². The van der Waals surface area contributed by atoms with Crippen LogP contribution < -0.4 is 16.0 Å². The van der Waals surface area contributed by atoms with Crippen LogP contribution in [0.1, 0.15) is 16.7 Å². The first-order valence-corrected chi connectivity index (χ1v) is 11.9. The zero-order valence-corrected chi connectivity index (χ0v) is 19.4. The van der Waals surface area contributed by atoms with E-state index in [0.717, 1.165) is 50.4 Å². The fourth-order valence-electron chi connectivity index (χ4n) is 4.65. The molecule has 3 aromatic rings. The standard InChI is InChI=1S/C27H29N5O3/c33-27-25(23-18-22(32(34)35)10-11-24(23)30-27)26(20-4-2-1-3-5-20)29-21-8-6-19(7-9-21)12-15-31-16-13-28-14-17-31/h1-11,18,27-30,33H,12-17H2/b26-25-. The van der Waals surface area contributed by atoms with Gasteiger partial charge in [0, 0.05) is 67.4 Å². The zero-order valence-electron chi connectivity index (χ0n) is 19.4. The number of piperazine rings is 1. The molecular weight excluding hydrogens is 442 g/mol. The number of nitro benzene ring substituents is 1. The number of aliphatic hydroxyl groups excluding tert-OH is 1. The minimum Gasteiger partial charge on any atom is -0.369 e. The van der Waals surface area contributed by atoms with Gasteiger partial charge in [-0.15, -0.1) is 0 Å². The second-order valence-corrected chi connectivity index (χ2v) is 8.85. The summed E-state index contributed by atoms with van der Waals surface area (Å²) in [5, 5.41) is 32.2. The van der Waals surface area contributed by atoms with Gasteiger partial charge in [-0.25, -0.2) is 0 Å². The molecule has 5 rings (SSSR count). The summed E-state index contributed by atoms with van der Waals surface area (Å²) in [5.41, 5.74) is 5.59. The van der Waals surface area contributed by atoms with Crippen molar-refractivity contribution < 1.29 is 10.0 Å². The molecule has 180 valence electrons. The molecule has 8 heteroatoms. The minimum atomic E-state index is -0.993. The summed E-state index contributed by atoms with van der Waals surface area (Å²) in [7, 11) is 0. The maximum absolute atomic E-state index is 11.4. The van der Waals surface area contributed by atoms with Crippen molar-refractivity contribution in [3.8, 4) is 0 Å². The Morgan fingerprint density at radius 1 is 1.06 bits per heavy atom. The molecule has 2 heterocycles. The van der Waals surface area contributed by atoms with Crippen molar-refractivity contribution in [2.75, 3.05) is 43.4 Å². The highest BCUT2D eigenvalue weighted by atomic mass is 16.6. The first kappa shape index (κ1) is 23.0. The zero-order chi connectivity index (χ0) is 24.2. The molecule has 1 fully saturated rings. The van der Waals surface area contributed by atoms with Crippen LogP contribution in [0.4, 0.5) is 17.1 Å². The second-order valence-electron chi connectivity index (χ2n) is 8.85. The molecule has 0 spiro atoms. The third-order valence-corrected chi connectivity index (χ3v) is 6.55. The van der Waals surface area contributed by atoms with E-state index >= 15 is 0 Å². The molecule has 1 unspecified atom stereocenters. The average Bonchev–Trinajstić information content (AvgIpc) is 3.22. The molecule has 4 N–H and O–H groups in total. The first-order chi connectivity index (χ1) is 17.1. The summed E-state index contributed by atoms with van der Waals surface area (Å²) >= 11 is 0. The van der Waals surface area contributed by atoms with Crippen LogP contribution in [0.2, 0.25) is 0 Å². The summed E-state index contributed by atoms with van der Waals surface area (Å²) < 4.78 is 0. The molecule has 0 bridgehead atoms. The van der Waals surface area contributed by atoms with E-state index in [4.69, 9.17) is 0 Å². The minimum absolute atomic E-state index is 0.0154. The van der Waals surface area contributed by atoms with Gasteiger partial charge in [0.25, 0.3) is 5.69 Å². The molecule has 2 aliphatic rings. The lowest BCUT2D eigenvalue weighted by Gasteiger charge is -2.27. The van der Waals surface area contributed by atoms with E-state index in [2.05, 4.69) is 33.0 Å². The third-order valence-electron chi connectivity index (χ3n) is 6.55. The van der Waals surface area contributed by atoms with Crippen LogP contribution in [0.5, 0.6) is 0 Å². The van der Waals surface area contributed by atoms with Gasteiger partial charge in [0.2, 0.25) is 0 Å². The Morgan fingerprint density at radius 3 is 2.51 bits per heavy atom. The van der Waals surface area contributed by atoms with Crippen LogP contribution in [0, 0.1) is 10.1 Å². The normalized spacial score (nSPS) is 19.1. The van der Waals surface area contributed by atoms with Crippen LogP contribution >= 0.6 is 0 Å². The molecule has 2 aliphatic heterocycles. The molecule has 8 nitrogen and oxygen atoms in total. The maximum Gasteiger partial charge on any atom is 0.270 e. The Balaban J connectivity index is 1.44. The van der Waals surface area contributed by atoms with Crippen molar-refractivity contribution in [1.82, 2.24) is 10.2 Å². The van der Waals surface area contributed by atoms with Gasteiger partial charge >= 0.3 is 0 Å². The molecule has 0 radical (unpaired) electrons. The van der Waals surface area contributed by atoms with Gasteiger partial charge in [0.15, 0.2) is 6.23 Å². The van der Waals surface area contributed by atoms with Crippen molar-refractivity contribution in [3.05, 3.63) is 99.6 Å². The number of anilines is 2. The van der Waals surface area contributed by atoms with E-state index in [1.807, 2.05) is 42.5 Å². The molecule has 35 heavy (non-hydrogen) atoms. The molecule has 3 aromatic carbocycles. The van der Waals surface area contributed by atoms with Crippen molar-refractivity contribution in [2.24, 2.45) is 0 Å². The molecule has 1 saturated heterocycles. The first-order valence-electron chi connectivity index (χ1n) is 11.9. The number of nitro groups is 1. The number of non-ortho nitro benzene ring substituents is 1.